The molecule has 0 atom stereocenters. The fourth-order valence-corrected chi connectivity index (χ4v) is 4.06. The van der Waals surface area contributed by atoms with Gasteiger partial charge in [0.2, 0.25) is 5.91 Å². The second-order valence-corrected chi connectivity index (χ2v) is 8.55. The molecule has 1 aromatic heterocycles. The van der Waals surface area contributed by atoms with Crippen LogP contribution in [0.5, 0.6) is 0 Å². The van der Waals surface area contributed by atoms with Gasteiger partial charge in [0, 0.05) is 21.8 Å². The van der Waals surface area contributed by atoms with Crippen LogP contribution in [0.4, 0.5) is 10.1 Å². The van der Waals surface area contributed by atoms with Gasteiger partial charge in [0.25, 0.3) is 5.91 Å². The maximum atomic E-state index is 14.4. The number of benzene rings is 2. The van der Waals surface area contributed by atoms with E-state index in [1.807, 2.05) is 26.8 Å². The summed E-state index contributed by atoms with van der Waals surface area (Å²) in [4.78, 5) is 27.3. The number of furan rings is 1. The average molecular weight is 441 g/mol. The number of aryl methyl sites for hydroxylation is 1. The minimum Gasteiger partial charge on any atom is -0.465 e. The van der Waals surface area contributed by atoms with Gasteiger partial charge in [-0.15, -0.1) is 0 Å². The van der Waals surface area contributed by atoms with Crippen LogP contribution in [0, 0.1) is 12.7 Å². The summed E-state index contributed by atoms with van der Waals surface area (Å²) in [6.07, 6.45) is 0. The predicted molar refractivity (Wildman–Crippen MR) is 117 cm³/mol. The van der Waals surface area contributed by atoms with Gasteiger partial charge >= 0.3 is 0 Å². The molecule has 3 aromatic rings. The van der Waals surface area contributed by atoms with Gasteiger partial charge < -0.3 is 14.6 Å². The number of carbonyl (C=O) groups is 2. The van der Waals surface area contributed by atoms with Gasteiger partial charge in [-0.3, -0.25) is 9.59 Å². The van der Waals surface area contributed by atoms with Crippen LogP contribution in [0.25, 0.3) is 0 Å². The van der Waals surface area contributed by atoms with Crippen LogP contribution < -0.4 is 10.2 Å². The van der Waals surface area contributed by atoms with Gasteiger partial charge in [-0.05, 0) is 62.7 Å². The SMILES string of the molecule is Cc1ccc(CNC(=O)c2ccc3c(c2)N(Cc2c(F)cccc2Cl)C(=O)C3(C)C)o1. The first-order valence-electron chi connectivity index (χ1n) is 9.91. The Kier molecular flexibility index (Phi) is 5.35. The second kappa shape index (κ2) is 7.85. The highest BCUT2D eigenvalue weighted by Gasteiger charge is 2.44. The number of amides is 2. The lowest BCUT2D eigenvalue weighted by molar-refractivity contribution is -0.122. The van der Waals surface area contributed by atoms with Crippen LogP contribution in [0.1, 0.15) is 46.9 Å². The Morgan fingerprint density at radius 3 is 2.65 bits per heavy atom. The van der Waals surface area contributed by atoms with Gasteiger partial charge in [-0.2, -0.15) is 0 Å². The zero-order chi connectivity index (χ0) is 22.3. The molecule has 1 aliphatic heterocycles. The Labute approximate surface area is 184 Å². The standard InChI is InChI=1S/C24H22ClFN2O3/c1-14-7-9-16(31-14)12-27-22(29)15-8-10-18-21(11-15)28(23(30)24(18,2)3)13-17-19(25)5-4-6-20(17)26/h4-11H,12-13H2,1-3H3,(H,27,29). The van der Waals surface area contributed by atoms with Crippen molar-refractivity contribution in [1.82, 2.24) is 5.32 Å². The number of hydrogen-bond acceptors (Lipinski definition) is 3. The molecule has 5 nitrogen and oxygen atoms in total. The first kappa shape index (κ1) is 21.1. The van der Waals surface area contributed by atoms with E-state index in [1.54, 1.807) is 30.3 Å². The molecule has 7 heteroatoms. The van der Waals surface area contributed by atoms with E-state index in [0.717, 1.165) is 11.3 Å². The molecule has 0 unspecified atom stereocenters. The normalized spacial score (nSPS) is 14.6. The molecule has 2 aromatic carbocycles. The monoisotopic (exact) mass is 440 g/mol. The lowest BCUT2D eigenvalue weighted by Gasteiger charge is -2.21. The maximum Gasteiger partial charge on any atom is 0.251 e. The lowest BCUT2D eigenvalue weighted by Crippen LogP contribution is -2.36. The summed E-state index contributed by atoms with van der Waals surface area (Å²) in [6, 6.07) is 13.2. The van der Waals surface area contributed by atoms with E-state index < -0.39 is 11.2 Å². The van der Waals surface area contributed by atoms with Crippen molar-refractivity contribution in [2.24, 2.45) is 0 Å². The molecule has 1 aliphatic rings. The van der Waals surface area contributed by atoms with E-state index in [-0.39, 0.29) is 35.5 Å². The van der Waals surface area contributed by atoms with Crippen LogP contribution in [0.15, 0.2) is 52.9 Å². The number of anilines is 1. The Hall–Kier alpha value is -3.12. The second-order valence-electron chi connectivity index (χ2n) is 8.14. The third-order valence-electron chi connectivity index (χ3n) is 5.60. The fraction of sp³-hybridized carbons (Fsp3) is 0.250. The Morgan fingerprint density at radius 1 is 1.19 bits per heavy atom. The topological polar surface area (TPSA) is 62.6 Å². The summed E-state index contributed by atoms with van der Waals surface area (Å²) >= 11 is 6.19. The largest absolute Gasteiger partial charge is 0.465 e. The Balaban J connectivity index is 1.64. The smallest absolute Gasteiger partial charge is 0.251 e. The summed E-state index contributed by atoms with van der Waals surface area (Å²) in [5, 5.41) is 3.07. The average Bonchev–Trinajstić information content (AvgIpc) is 3.23. The molecular weight excluding hydrogens is 419 g/mol. The number of halogens is 2. The zero-order valence-electron chi connectivity index (χ0n) is 17.5. The van der Waals surface area contributed by atoms with Gasteiger partial charge in [-0.1, -0.05) is 23.7 Å². The van der Waals surface area contributed by atoms with Crippen molar-refractivity contribution in [3.63, 3.8) is 0 Å². The van der Waals surface area contributed by atoms with Crippen LogP contribution in [0.2, 0.25) is 5.02 Å². The summed E-state index contributed by atoms with van der Waals surface area (Å²) in [5.74, 6) is 0.474. The maximum absolute atomic E-state index is 14.4. The van der Waals surface area contributed by atoms with Crippen LogP contribution in [-0.2, 0) is 23.3 Å². The molecular formula is C24H22ClFN2O3. The molecule has 160 valence electrons. The number of nitrogens with one attached hydrogen (secondary N) is 1. The fourth-order valence-electron chi connectivity index (χ4n) is 3.83. The zero-order valence-corrected chi connectivity index (χ0v) is 18.2. The Morgan fingerprint density at radius 2 is 1.97 bits per heavy atom. The number of nitrogens with zero attached hydrogens (tertiary/aromatic N) is 1. The lowest BCUT2D eigenvalue weighted by atomic mass is 9.86. The molecule has 0 radical (unpaired) electrons. The quantitative estimate of drug-likeness (QED) is 0.597. The van der Waals surface area contributed by atoms with E-state index in [9.17, 15) is 14.0 Å². The summed E-state index contributed by atoms with van der Waals surface area (Å²) < 4.78 is 19.9. The van der Waals surface area contributed by atoms with Crippen LogP contribution in [-0.4, -0.2) is 11.8 Å². The van der Waals surface area contributed by atoms with Gasteiger partial charge in [0.15, 0.2) is 0 Å². The van der Waals surface area contributed by atoms with Crippen molar-refractivity contribution in [2.75, 3.05) is 4.90 Å². The molecule has 31 heavy (non-hydrogen) atoms. The van der Waals surface area contributed by atoms with Gasteiger partial charge in [0.05, 0.1) is 18.5 Å². The summed E-state index contributed by atoms with van der Waals surface area (Å²) in [7, 11) is 0. The highest BCUT2D eigenvalue weighted by Crippen LogP contribution is 2.43. The van der Waals surface area contributed by atoms with Crippen molar-refractivity contribution in [2.45, 2.75) is 39.3 Å². The Bertz CT molecular complexity index is 1170. The summed E-state index contributed by atoms with van der Waals surface area (Å²) in [6.45, 7) is 5.70. The van der Waals surface area contributed by atoms with Crippen LogP contribution >= 0.6 is 11.6 Å². The van der Waals surface area contributed by atoms with Crippen molar-refractivity contribution in [1.29, 1.82) is 0 Å². The number of rotatable bonds is 5. The summed E-state index contributed by atoms with van der Waals surface area (Å²) in [5.41, 5.74) is 1.20. The third kappa shape index (κ3) is 3.83. The van der Waals surface area contributed by atoms with Gasteiger partial charge in [-0.25, -0.2) is 4.39 Å². The first-order chi connectivity index (χ1) is 14.7. The molecule has 0 saturated carbocycles. The van der Waals surface area contributed by atoms with Crippen LogP contribution in [0.3, 0.4) is 0 Å². The highest BCUT2D eigenvalue weighted by atomic mass is 35.5. The van der Waals surface area contributed by atoms with E-state index in [4.69, 9.17) is 16.0 Å². The molecule has 0 saturated heterocycles. The third-order valence-corrected chi connectivity index (χ3v) is 5.96. The first-order valence-corrected chi connectivity index (χ1v) is 10.3. The molecule has 0 fully saturated rings. The molecule has 1 N–H and O–H groups in total. The van der Waals surface area contributed by atoms with Crippen molar-refractivity contribution in [3.05, 3.63) is 87.6 Å². The molecule has 0 aliphatic carbocycles. The van der Waals surface area contributed by atoms with Gasteiger partial charge in [0.1, 0.15) is 17.3 Å². The van der Waals surface area contributed by atoms with E-state index in [1.165, 1.54) is 17.0 Å². The minimum atomic E-state index is -0.798. The number of fused-ring (bicyclic) bond motifs is 1. The number of carbonyl (C=O) groups excluding carboxylic acids is 2. The van der Waals surface area contributed by atoms with Crippen molar-refractivity contribution >= 4 is 29.1 Å². The molecule has 4 rings (SSSR count). The van der Waals surface area contributed by atoms with E-state index in [0.29, 0.717) is 17.0 Å². The number of hydrogen-bond donors (Lipinski definition) is 1. The minimum absolute atomic E-state index is 0.0164. The van der Waals surface area contributed by atoms with Crippen molar-refractivity contribution in [3.8, 4) is 0 Å². The molecule has 0 spiro atoms. The highest BCUT2D eigenvalue weighted by molar-refractivity contribution is 6.31. The van der Waals surface area contributed by atoms with Crippen molar-refractivity contribution < 1.29 is 18.4 Å². The predicted octanol–water partition coefficient (Wildman–Crippen LogP) is 5.13. The molecule has 2 heterocycles. The molecule has 2 amide bonds. The molecule has 0 bridgehead atoms. The van der Waals surface area contributed by atoms with E-state index >= 15 is 0 Å². The van der Waals surface area contributed by atoms with E-state index in [2.05, 4.69) is 5.32 Å².